The van der Waals surface area contributed by atoms with Crippen molar-refractivity contribution in [1.29, 1.82) is 0 Å². The molecule has 0 aromatic heterocycles. The minimum Gasteiger partial charge on any atom is -0.508 e. The highest BCUT2D eigenvalue weighted by molar-refractivity contribution is 6.33. The van der Waals surface area contributed by atoms with Crippen LogP contribution in [0.4, 0.5) is 11.4 Å². The maximum absolute atomic E-state index is 9.21. The lowest BCUT2D eigenvalue weighted by molar-refractivity contribution is 0.475. The third-order valence-electron chi connectivity index (χ3n) is 3.01. The first-order chi connectivity index (χ1) is 9.06. The van der Waals surface area contributed by atoms with E-state index in [0.717, 1.165) is 24.2 Å². The third kappa shape index (κ3) is 3.55. The minimum absolute atomic E-state index is 0.290. The Labute approximate surface area is 118 Å². The molecule has 0 atom stereocenters. The molecule has 19 heavy (non-hydrogen) atoms. The molecule has 100 valence electrons. The number of nitrogens with two attached hydrogens (primary N) is 1. The number of aromatic hydroxyl groups is 1. The highest BCUT2D eigenvalue weighted by atomic mass is 35.5. The molecule has 2 rings (SSSR count). The average Bonchev–Trinajstić information content (AvgIpc) is 2.38. The van der Waals surface area contributed by atoms with Crippen LogP contribution in [-0.4, -0.2) is 11.7 Å². The van der Waals surface area contributed by atoms with E-state index in [1.807, 2.05) is 31.2 Å². The van der Waals surface area contributed by atoms with Gasteiger partial charge in [0.25, 0.3) is 0 Å². The number of benzene rings is 2. The Kier molecular flexibility index (Phi) is 4.17. The predicted molar refractivity (Wildman–Crippen MR) is 80.9 cm³/mol. The molecule has 0 aliphatic rings. The van der Waals surface area contributed by atoms with E-state index in [0.29, 0.717) is 10.7 Å². The number of anilines is 2. The van der Waals surface area contributed by atoms with Crippen LogP contribution in [0.2, 0.25) is 5.02 Å². The molecule has 0 radical (unpaired) electrons. The van der Waals surface area contributed by atoms with Crippen LogP contribution in [0.3, 0.4) is 0 Å². The molecule has 0 aliphatic heterocycles. The van der Waals surface area contributed by atoms with Crippen molar-refractivity contribution in [3.05, 3.63) is 52.5 Å². The predicted octanol–water partition coefficient (Wildman–Crippen LogP) is 3.59. The summed E-state index contributed by atoms with van der Waals surface area (Å²) in [5.41, 5.74) is 9.59. The first-order valence-electron chi connectivity index (χ1n) is 6.13. The van der Waals surface area contributed by atoms with Crippen molar-refractivity contribution < 1.29 is 5.11 Å². The molecule has 0 spiro atoms. The van der Waals surface area contributed by atoms with E-state index in [4.69, 9.17) is 17.3 Å². The monoisotopic (exact) mass is 276 g/mol. The molecule has 0 saturated heterocycles. The molecular formula is C15H17ClN2O. The second-order valence-electron chi connectivity index (χ2n) is 4.53. The molecular weight excluding hydrogens is 260 g/mol. The fraction of sp³-hybridized carbons (Fsp3) is 0.200. The van der Waals surface area contributed by atoms with Gasteiger partial charge in [-0.25, -0.2) is 0 Å². The van der Waals surface area contributed by atoms with Crippen molar-refractivity contribution in [3.63, 3.8) is 0 Å². The van der Waals surface area contributed by atoms with Gasteiger partial charge in [0, 0.05) is 12.2 Å². The van der Waals surface area contributed by atoms with Gasteiger partial charge >= 0.3 is 0 Å². The Hall–Kier alpha value is -1.87. The summed E-state index contributed by atoms with van der Waals surface area (Å²) in [4.78, 5) is 0. The standard InChI is InChI=1S/C15H17ClN2O/c1-10-8-14(17)13(16)9-15(10)18-7-6-11-2-4-12(19)5-3-11/h2-5,8-9,18-19H,6-7,17H2,1H3. The number of hydrogen-bond acceptors (Lipinski definition) is 3. The van der Waals surface area contributed by atoms with Crippen LogP contribution in [0.25, 0.3) is 0 Å². The van der Waals surface area contributed by atoms with Crippen LogP contribution in [-0.2, 0) is 6.42 Å². The van der Waals surface area contributed by atoms with Crippen molar-refractivity contribution in [2.24, 2.45) is 0 Å². The molecule has 3 nitrogen and oxygen atoms in total. The Bertz CT molecular complexity index is 567. The lowest BCUT2D eigenvalue weighted by Crippen LogP contribution is -2.06. The van der Waals surface area contributed by atoms with E-state index in [1.54, 1.807) is 12.1 Å². The maximum Gasteiger partial charge on any atom is 0.115 e. The van der Waals surface area contributed by atoms with E-state index < -0.39 is 0 Å². The number of rotatable bonds is 4. The fourth-order valence-corrected chi connectivity index (χ4v) is 2.06. The molecule has 4 N–H and O–H groups in total. The summed E-state index contributed by atoms with van der Waals surface area (Å²) in [6, 6.07) is 10.9. The summed E-state index contributed by atoms with van der Waals surface area (Å²) in [5, 5.41) is 13.1. The molecule has 0 unspecified atom stereocenters. The van der Waals surface area contributed by atoms with E-state index >= 15 is 0 Å². The number of phenols is 1. The van der Waals surface area contributed by atoms with Gasteiger partial charge in [0.15, 0.2) is 0 Å². The molecule has 0 aliphatic carbocycles. The van der Waals surface area contributed by atoms with Crippen LogP contribution in [0, 0.1) is 6.92 Å². The summed E-state index contributed by atoms with van der Waals surface area (Å²) in [5.74, 6) is 0.290. The van der Waals surface area contributed by atoms with Crippen molar-refractivity contribution in [3.8, 4) is 5.75 Å². The Morgan fingerprint density at radius 2 is 1.89 bits per heavy atom. The van der Waals surface area contributed by atoms with Gasteiger partial charge in [-0.1, -0.05) is 23.7 Å². The third-order valence-corrected chi connectivity index (χ3v) is 3.34. The normalized spacial score (nSPS) is 10.4. The Balaban J connectivity index is 1.96. The second kappa shape index (κ2) is 5.85. The zero-order chi connectivity index (χ0) is 13.8. The van der Waals surface area contributed by atoms with Gasteiger partial charge < -0.3 is 16.2 Å². The van der Waals surface area contributed by atoms with Crippen LogP contribution >= 0.6 is 11.6 Å². The SMILES string of the molecule is Cc1cc(N)c(Cl)cc1NCCc1ccc(O)cc1. The quantitative estimate of drug-likeness (QED) is 0.748. The van der Waals surface area contributed by atoms with Crippen molar-refractivity contribution in [1.82, 2.24) is 0 Å². The molecule has 0 bridgehead atoms. The first kappa shape index (κ1) is 13.6. The van der Waals surface area contributed by atoms with Crippen LogP contribution < -0.4 is 11.1 Å². The van der Waals surface area contributed by atoms with Crippen LogP contribution in [0.5, 0.6) is 5.75 Å². The van der Waals surface area contributed by atoms with Gasteiger partial charge in [0.1, 0.15) is 5.75 Å². The van der Waals surface area contributed by atoms with E-state index in [2.05, 4.69) is 5.32 Å². The molecule has 2 aromatic rings. The van der Waals surface area contributed by atoms with Gasteiger partial charge in [0.2, 0.25) is 0 Å². The highest BCUT2D eigenvalue weighted by Crippen LogP contribution is 2.26. The Morgan fingerprint density at radius 3 is 2.58 bits per heavy atom. The van der Waals surface area contributed by atoms with E-state index in [-0.39, 0.29) is 5.75 Å². The van der Waals surface area contributed by atoms with Gasteiger partial charge in [0.05, 0.1) is 10.7 Å². The number of hydrogen-bond donors (Lipinski definition) is 3. The molecule has 2 aromatic carbocycles. The summed E-state index contributed by atoms with van der Waals surface area (Å²) in [6.45, 7) is 2.79. The van der Waals surface area contributed by atoms with Gasteiger partial charge in [-0.15, -0.1) is 0 Å². The lowest BCUT2D eigenvalue weighted by Gasteiger charge is -2.11. The smallest absolute Gasteiger partial charge is 0.115 e. The Morgan fingerprint density at radius 1 is 1.21 bits per heavy atom. The summed E-state index contributed by atoms with van der Waals surface area (Å²) < 4.78 is 0. The fourth-order valence-electron chi connectivity index (χ4n) is 1.90. The molecule has 0 saturated carbocycles. The van der Waals surface area contributed by atoms with Crippen molar-refractivity contribution in [2.75, 3.05) is 17.6 Å². The summed E-state index contributed by atoms with van der Waals surface area (Å²) in [7, 11) is 0. The van der Waals surface area contributed by atoms with Crippen LogP contribution in [0.15, 0.2) is 36.4 Å². The second-order valence-corrected chi connectivity index (χ2v) is 4.94. The lowest BCUT2D eigenvalue weighted by atomic mass is 10.1. The zero-order valence-corrected chi connectivity index (χ0v) is 11.5. The largest absolute Gasteiger partial charge is 0.508 e. The number of aryl methyl sites for hydroxylation is 1. The highest BCUT2D eigenvalue weighted by Gasteiger charge is 2.03. The number of nitrogens with one attached hydrogen (secondary N) is 1. The number of phenolic OH excluding ortho intramolecular Hbond substituents is 1. The number of halogens is 1. The van der Waals surface area contributed by atoms with E-state index in [9.17, 15) is 5.11 Å². The zero-order valence-electron chi connectivity index (χ0n) is 10.8. The molecule has 4 heteroatoms. The van der Waals surface area contributed by atoms with Crippen molar-refractivity contribution in [2.45, 2.75) is 13.3 Å². The van der Waals surface area contributed by atoms with Gasteiger partial charge in [-0.05, 0) is 48.7 Å². The van der Waals surface area contributed by atoms with Gasteiger partial charge in [-0.2, -0.15) is 0 Å². The minimum atomic E-state index is 0.290. The average molecular weight is 277 g/mol. The topological polar surface area (TPSA) is 58.3 Å². The summed E-state index contributed by atoms with van der Waals surface area (Å²) >= 11 is 6.01. The molecule has 0 heterocycles. The molecule has 0 amide bonds. The number of nitrogen functional groups attached to an aromatic ring is 1. The summed E-state index contributed by atoms with van der Waals surface area (Å²) in [6.07, 6.45) is 0.877. The molecule has 0 fully saturated rings. The van der Waals surface area contributed by atoms with Crippen molar-refractivity contribution >= 4 is 23.0 Å². The maximum atomic E-state index is 9.21. The van der Waals surface area contributed by atoms with Gasteiger partial charge in [-0.3, -0.25) is 0 Å². The van der Waals surface area contributed by atoms with Crippen LogP contribution in [0.1, 0.15) is 11.1 Å². The van der Waals surface area contributed by atoms with E-state index in [1.165, 1.54) is 5.56 Å². The first-order valence-corrected chi connectivity index (χ1v) is 6.51.